The van der Waals surface area contributed by atoms with Crippen LogP contribution in [-0.2, 0) is 17.9 Å². The third-order valence-electron chi connectivity index (χ3n) is 13.8. The van der Waals surface area contributed by atoms with Crippen LogP contribution in [0.1, 0.15) is 109 Å². The summed E-state index contributed by atoms with van der Waals surface area (Å²) in [4.78, 5) is 42.5. The van der Waals surface area contributed by atoms with Gasteiger partial charge >= 0.3 is 7.12 Å². The van der Waals surface area contributed by atoms with Gasteiger partial charge in [-0.05, 0) is 130 Å². The van der Waals surface area contributed by atoms with Crippen LogP contribution in [-0.4, -0.2) is 86.3 Å². The normalized spacial score (nSPS) is 17.3. The van der Waals surface area contributed by atoms with E-state index in [-0.39, 0.29) is 30.1 Å². The molecule has 2 fully saturated rings. The highest BCUT2D eigenvalue weighted by Gasteiger charge is 2.25. The molecule has 9 aromatic rings. The number of anilines is 4. The van der Waals surface area contributed by atoms with Crippen molar-refractivity contribution < 1.29 is 14.8 Å². The number of imidazole rings is 2. The molecule has 2 aliphatic rings. The first-order valence-electron chi connectivity index (χ1n) is 26.5. The zero-order chi connectivity index (χ0) is 53.8. The summed E-state index contributed by atoms with van der Waals surface area (Å²) in [6.07, 6.45) is 11.7. The van der Waals surface area contributed by atoms with Crippen molar-refractivity contribution in [2.24, 2.45) is 5.73 Å². The molecule has 11 rings (SSSR count). The van der Waals surface area contributed by atoms with Gasteiger partial charge in [0, 0.05) is 70.8 Å². The van der Waals surface area contributed by atoms with Crippen LogP contribution in [0.5, 0.6) is 0 Å². The zero-order valence-electron chi connectivity index (χ0n) is 44.3. The molecule has 0 saturated heterocycles. The quantitative estimate of drug-likeness (QED) is 0.0421. The molecule has 0 radical (unpaired) electrons. The highest BCUT2D eigenvalue weighted by molar-refractivity contribution is 7.20. The van der Waals surface area contributed by atoms with E-state index in [1.165, 1.54) is 43.3 Å². The maximum atomic E-state index is 11.4. The molecule has 0 aliphatic heterocycles. The van der Waals surface area contributed by atoms with Gasteiger partial charge in [0.15, 0.2) is 34.0 Å². The van der Waals surface area contributed by atoms with E-state index in [1.807, 2.05) is 12.7 Å². The summed E-state index contributed by atoms with van der Waals surface area (Å²) < 4.78 is 4.77. The van der Waals surface area contributed by atoms with E-state index in [2.05, 4.69) is 157 Å². The molecule has 77 heavy (non-hydrogen) atoms. The number of nitrogens with one attached hydrogen (secondary N) is 5. The molecule has 9 N–H and O–H groups in total. The molecule has 17 nitrogen and oxygen atoms in total. The number of nitrogens with zero attached hydrogens (tertiary/aromatic N) is 8. The predicted octanol–water partition coefficient (Wildman–Crippen LogP) is 10.5. The lowest BCUT2D eigenvalue weighted by atomic mass is 9.90. The fourth-order valence-corrected chi connectivity index (χ4v) is 11.6. The van der Waals surface area contributed by atoms with Crippen LogP contribution < -0.4 is 37.1 Å². The minimum Gasteiger partial charge on any atom is -0.423 e. The van der Waals surface area contributed by atoms with Crippen molar-refractivity contribution >= 4 is 97.7 Å². The number of nitrogens with two attached hydrogens (primary N) is 1. The van der Waals surface area contributed by atoms with Crippen molar-refractivity contribution in [2.75, 3.05) is 21.3 Å². The number of carbonyl (C=O) groups is 1. The maximum Gasteiger partial charge on any atom is 0.499 e. The number of thiophene rings is 3. The van der Waals surface area contributed by atoms with Gasteiger partial charge in [-0.15, -0.1) is 22.7 Å². The highest BCUT2D eigenvalue weighted by atomic mass is 32.1. The van der Waals surface area contributed by atoms with Crippen LogP contribution in [0.4, 0.5) is 23.5 Å². The first-order valence-corrected chi connectivity index (χ1v) is 29.1. The van der Waals surface area contributed by atoms with Gasteiger partial charge in [0.2, 0.25) is 17.8 Å². The number of carbonyl (C=O) groups excluding carboxylic acids is 1. The third kappa shape index (κ3) is 14.6. The lowest BCUT2D eigenvalue weighted by molar-refractivity contribution is -0.119. The Labute approximate surface area is 462 Å². The van der Waals surface area contributed by atoms with Crippen LogP contribution in [0.25, 0.3) is 43.2 Å². The first-order chi connectivity index (χ1) is 37.3. The average Bonchev–Trinajstić information content (AvgIpc) is 4.31. The second kappa shape index (κ2) is 26.1. The Morgan fingerprint density at radius 2 is 1.04 bits per heavy atom. The van der Waals surface area contributed by atoms with Crippen molar-refractivity contribution in [1.29, 1.82) is 0 Å². The molecule has 2 aliphatic carbocycles. The monoisotopic (exact) mass is 1090 g/mol. The smallest absolute Gasteiger partial charge is 0.423 e. The van der Waals surface area contributed by atoms with E-state index < -0.39 is 7.12 Å². The lowest BCUT2D eigenvalue weighted by Gasteiger charge is -2.29. The second-order valence-electron chi connectivity index (χ2n) is 20.2. The summed E-state index contributed by atoms with van der Waals surface area (Å²) in [5.41, 5.74) is 14.2. The van der Waals surface area contributed by atoms with E-state index in [4.69, 9.17) is 35.7 Å². The Hall–Kier alpha value is -6.75. The Morgan fingerprint density at radius 3 is 1.42 bits per heavy atom. The van der Waals surface area contributed by atoms with Crippen molar-refractivity contribution in [1.82, 2.24) is 44.4 Å². The largest absolute Gasteiger partial charge is 0.499 e. The number of hydrogen-bond acceptors (Lipinski definition) is 17. The van der Waals surface area contributed by atoms with Crippen molar-refractivity contribution in [3.63, 3.8) is 0 Å². The number of rotatable bonds is 16. The van der Waals surface area contributed by atoms with Gasteiger partial charge in [-0.1, -0.05) is 72.8 Å². The number of amides is 1. The molecular formula is C56H69BN14O3S3. The van der Waals surface area contributed by atoms with E-state index >= 15 is 0 Å². The fourth-order valence-electron chi connectivity index (χ4n) is 9.53. The van der Waals surface area contributed by atoms with Crippen molar-refractivity contribution in [2.45, 2.75) is 135 Å². The van der Waals surface area contributed by atoms with Gasteiger partial charge in [-0.3, -0.25) is 4.79 Å². The minimum atomic E-state index is -1.30. The highest BCUT2D eigenvalue weighted by Crippen LogP contribution is 2.30. The molecule has 7 heterocycles. The van der Waals surface area contributed by atoms with Gasteiger partial charge in [-0.25, -0.2) is 9.97 Å². The maximum absolute atomic E-state index is 11.4. The molecule has 0 spiro atoms. The third-order valence-corrected chi connectivity index (χ3v) is 16.5. The van der Waals surface area contributed by atoms with Crippen LogP contribution >= 0.6 is 34.0 Å². The summed E-state index contributed by atoms with van der Waals surface area (Å²) in [7, 11) is -1.30. The summed E-state index contributed by atoms with van der Waals surface area (Å²) in [5, 5.41) is 40.1. The average molecular weight is 1090 g/mol. The van der Waals surface area contributed by atoms with Crippen LogP contribution in [0, 0.1) is 0 Å². The molecule has 2 aromatic carbocycles. The fraction of sp³-hybridized carbons (Fsp3) is 0.375. The Balaban J connectivity index is 0.000000164. The summed E-state index contributed by atoms with van der Waals surface area (Å²) in [6.45, 7) is 11.4. The van der Waals surface area contributed by atoms with E-state index in [0.717, 1.165) is 85.3 Å². The molecule has 0 atom stereocenters. The van der Waals surface area contributed by atoms with Gasteiger partial charge in [0.1, 0.15) is 0 Å². The molecule has 0 bridgehead atoms. The van der Waals surface area contributed by atoms with Crippen molar-refractivity contribution in [3.05, 3.63) is 125 Å². The summed E-state index contributed by atoms with van der Waals surface area (Å²) >= 11 is 4.84. The van der Waals surface area contributed by atoms with Crippen LogP contribution in [0.2, 0.25) is 0 Å². The van der Waals surface area contributed by atoms with E-state index in [9.17, 15) is 4.79 Å². The van der Waals surface area contributed by atoms with E-state index in [0.29, 0.717) is 41.8 Å². The number of aromatic nitrogens is 8. The van der Waals surface area contributed by atoms with E-state index in [1.54, 1.807) is 47.1 Å². The SMILES string of the molecule is CC(=O)NC1CCC(Nc2nc(NCc3ccc(-c4cccs4)cc3)c3ncn(C(C)C)c3n2)CC1.CC(C)n1cnc2c(NCc3ccc(-c4cccs4)cc3)nc(NC3CCC(N)CC3)nc21.OB(O)c1cccs1. The van der Waals surface area contributed by atoms with Crippen LogP contribution in [0.15, 0.2) is 114 Å². The standard InChI is InChI=1S/C27H33N7OS.C25H31N7S.C4H5BO2S/c1-17(2)34-16-29-24-25(28-15-19-6-8-20(9-7-19)23-5-4-14-36-23)32-27(33-26(24)34)31-22-12-10-21(11-13-22)30-18(3)35;1-16(2)32-15-28-22-23(27-14-17-5-7-18(8-6-17)21-4-3-13-33-21)30-25(31-24(22)32)29-20-11-9-19(26)10-12-20;6-5(7)4-2-1-3-8-4/h4-9,14,16-17,21-22H,10-13,15H2,1-3H3,(H,30,35)(H2,28,31,32,33);3-8,13,15-16,19-20H,9-12,14,26H2,1-2H3,(H2,27,29,30,31);1-3,6-7H. The molecule has 21 heteroatoms. The topological polar surface area (TPSA) is 231 Å². The molecule has 1 amide bonds. The minimum absolute atomic E-state index is 0.0408. The summed E-state index contributed by atoms with van der Waals surface area (Å²) in [5.74, 6) is 2.80. The number of hydrogen-bond donors (Lipinski definition) is 8. The summed E-state index contributed by atoms with van der Waals surface area (Å²) in [6, 6.07) is 30.9. The molecule has 0 unspecified atom stereocenters. The predicted molar refractivity (Wildman–Crippen MR) is 317 cm³/mol. The molecule has 2 saturated carbocycles. The van der Waals surface area contributed by atoms with Gasteiger partial charge in [0.05, 0.1) is 12.7 Å². The molecule has 402 valence electrons. The number of fused-ring (bicyclic) bond motifs is 2. The second-order valence-corrected chi connectivity index (χ2v) is 23.1. The van der Waals surface area contributed by atoms with Crippen LogP contribution in [0.3, 0.4) is 0 Å². The van der Waals surface area contributed by atoms with Gasteiger partial charge in [-0.2, -0.15) is 31.3 Å². The number of benzene rings is 2. The zero-order valence-corrected chi connectivity index (χ0v) is 46.7. The Morgan fingerprint density at radius 1 is 0.610 bits per heavy atom. The molecule has 7 aromatic heterocycles. The van der Waals surface area contributed by atoms with Gasteiger partial charge in [0.25, 0.3) is 0 Å². The lowest BCUT2D eigenvalue weighted by Crippen LogP contribution is -2.39. The van der Waals surface area contributed by atoms with Gasteiger partial charge < -0.3 is 51.5 Å². The Kier molecular flexibility index (Phi) is 18.6. The molecular weight excluding hydrogens is 1020 g/mol. The van der Waals surface area contributed by atoms with Crippen molar-refractivity contribution in [3.8, 4) is 20.9 Å². The Bertz CT molecular complexity index is 3240. The first kappa shape index (κ1) is 55.0.